The van der Waals surface area contributed by atoms with Crippen molar-refractivity contribution in [3.05, 3.63) is 0 Å². The van der Waals surface area contributed by atoms with Gasteiger partial charge in [-0.25, -0.2) is 4.79 Å². The Hall–Kier alpha value is -0.730. The lowest BCUT2D eigenvalue weighted by Gasteiger charge is -2.21. The standard InChI is InChI=1S/C15H28N2O/c18-15(16-13-9-5-1-2-6-10-13)17-14-11-7-3-4-8-12-14/h13-14H,1-12H2,(H2,16,17,18). The quantitative estimate of drug-likeness (QED) is 0.722. The third-order valence-electron chi connectivity index (χ3n) is 4.38. The van der Waals surface area contributed by atoms with Crippen molar-refractivity contribution in [1.29, 1.82) is 0 Å². The van der Waals surface area contributed by atoms with Gasteiger partial charge in [-0.3, -0.25) is 0 Å². The summed E-state index contributed by atoms with van der Waals surface area (Å²) in [5.74, 6) is 0. The molecule has 2 aliphatic carbocycles. The molecule has 0 aromatic rings. The zero-order valence-electron chi connectivity index (χ0n) is 11.5. The molecule has 2 fully saturated rings. The van der Waals surface area contributed by atoms with Crippen LogP contribution in [-0.4, -0.2) is 18.1 Å². The summed E-state index contributed by atoms with van der Waals surface area (Å²) in [5.41, 5.74) is 0. The van der Waals surface area contributed by atoms with Crippen molar-refractivity contribution >= 4 is 6.03 Å². The normalized spacial score (nSPS) is 24.0. The average Bonchev–Trinajstić information content (AvgIpc) is 2.74. The van der Waals surface area contributed by atoms with Gasteiger partial charge in [0.1, 0.15) is 0 Å². The number of carbonyl (C=O) groups excluding carboxylic acids is 1. The summed E-state index contributed by atoms with van der Waals surface area (Å²) in [6.07, 6.45) is 15.1. The van der Waals surface area contributed by atoms with Gasteiger partial charge in [0.05, 0.1) is 0 Å². The minimum Gasteiger partial charge on any atom is -0.335 e. The van der Waals surface area contributed by atoms with Crippen LogP contribution >= 0.6 is 0 Å². The third-order valence-corrected chi connectivity index (χ3v) is 4.38. The fraction of sp³-hybridized carbons (Fsp3) is 0.933. The van der Waals surface area contributed by atoms with Gasteiger partial charge in [-0.05, 0) is 25.7 Å². The van der Waals surface area contributed by atoms with Crippen molar-refractivity contribution in [3.8, 4) is 0 Å². The summed E-state index contributed by atoms with van der Waals surface area (Å²) < 4.78 is 0. The zero-order chi connectivity index (χ0) is 12.6. The highest BCUT2D eigenvalue weighted by Crippen LogP contribution is 2.18. The molecule has 0 aliphatic heterocycles. The van der Waals surface area contributed by atoms with Crippen molar-refractivity contribution in [1.82, 2.24) is 10.6 Å². The van der Waals surface area contributed by atoms with Crippen molar-refractivity contribution in [3.63, 3.8) is 0 Å². The molecule has 0 aromatic carbocycles. The molecular weight excluding hydrogens is 224 g/mol. The van der Waals surface area contributed by atoms with Crippen LogP contribution in [0.25, 0.3) is 0 Å². The molecule has 0 saturated heterocycles. The maximum absolute atomic E-state index is 12.0. The van der Waals surface area contributed by atoms with Gasteiger partial charge in [0.15, 0.2) is 0 Å². The molecule has 3 nitrogen and oxygen atoms in total. The molecule has 3 heteroatoms. The summed E-state index contributed by atoms with van der Waals surface area (Å²) in [4.78, 5) is 12.0. The first-order chi connectivity index (χ1) is 8.84. The van der Waals surface area contributed by atoms with E-state index in [0.29, 0.717) is 12.1 Å². The molecule has 2 aliphatic rings. The van der Waals surface area contributed by atoms with Crippen molar-refractivity contribution < 1.29 is 4.79 Å². The van der Waals surface area contributed by atoms with Gasteiger partial charge >= 0.3 is 6.03 Å². The Kier molecular flexibility index (Phi) is 5.82. The van der Waals surface area contributed by atoms with E-state index in [-0.39, 0.29) is 6.03 Å². The monoisotopic (exact) mass is 252 g/mol. The zero-order valence-corrected chi connectivity index (χ0v) is 11.5. The van der Waals surface area contributed by atoms with E-state index in [1.165, 1.54) is 51.4 Å². The van der Waals surface area contributed by atoms with Crippen LogP contribution in [0.15, 0.2) is 0 Å². The van der Waals surface area contributed by atoms with Gasteiger partial charge < -0.3 is 10.6 Å². The van der Waals surface area contributed by atoms with Crippen molar-refractivity contribution in [2.75, 3.05) is 0 Å². The van der Waals surface area contributed by atoms with Crippen LogP contribution in [0.5, 0.6) is 0 Å². The Morgan fingerprint density at radius 1 is 0.611 bits per heavy atom. The van der Waals surface area contributed by atoms with E-state index in [1.54, 1.807) is 0 Å². The minimum absolute atomic E-state index is 0.0776. The van der Waals surface area contributed by atoms with Crippen molar-refractivity contribution in [2.24, 2.45) is 0 Å². The second kappa shape index (κ2) is 7.65. The molecule has 2 rings (SSSR count). The molecule has 2 amide bonds. The first-order valence-corrected chi connectivity index (χ1v) is 7.91. The molecule has 2 N–H and O–H groups in total. The number of rotatable bonds is 2. The Morgan fingerprint density at radius 2 is 0.944 bits per heavy atom. The Bertz CT molecular complexity index is 215. The molecule has 0 unspecified atom stereocenters. The summed E-state index contributed by atoms with van der Waals surface area (Å²) in [5, 5.41) is 6.35. The van der Waals surface area contributed by atoms with Crippen LogP contribution in [-0.2, 0) is 0 Å². The van der Waals surface area contributed by atoms with Gasteiger partial charge in [0.2, 0.25) is 0 Å². The lowest BCUT2D eigenvalue weighted by molar-refractivity contribution is 0.230. The predicted octanol–water partition coefficient (Wildman–Crippen LogP) is 3.73. The SMILES string of the molecule is O=C(NC1CCCCCC1)NC1CCCCCC1. The highest BCUT2D eigenvalue weighted by molar-refractivity contribution is 5.74. The topological polar surface area (TPSA) is 41.1 Å². The first kappa shape index (κ1) is 13.7. The van der Waals surface area contributed by atoms with Crippen LogP contribution in [0.4, 0.5) is 4.79 Å². The van der Waals surface area contributed by atoms with E-state index >= 15 is 0 Å². The molecule has 0 atom stereocenters. The number of carbonyl (C=O) groups is 1. The van der Waals surface area contributed by atoms with E-state index in [0.717, 1.165) is 25.7 Å². The molecule has 0 aromatic heterocycles. The van der Waals surface area contributed by atoms with Gasteiger partial charge in [-0.2, -0.15) is 0 Å². The summed E-state index contributed by atoms with van der Waals surface area (Å²) in [7, 11) is 0. The van der Waals surface area contributed by atoms with Crippen LogP contribution in [0.2, 0.25) is 0 Å². The third kappa shape index (κ3) is 4.87. The summed E-state index contributed by atoms with van der Waals surface area (Å²) in [6.45, 7) is 0. The minimum atomic E-state index is 0.0776. The number of amides is 2. The maximum Gasteiger partial charge on any atom is 0.315 e. The highest BCUT2D eigenvalue weighted by Gasteiger charge is 2.18. The Morgan fingerprint density at radius 3 is 1.28 bits per heavy atom. The molecule has 2 saturated carbocycles. The number of urea groups is 1. The molecule has 0 bridgehead atoms. The lowest BCUT2D eigenvalue weighted by atomic mass is 10.1. The summed E-state index contributed by atoms with van der Waals surface area (Å²) >= 11 is 0. The molecule has 104 valence electrons. The molecular formula is C15H28N2O. The maximum atomic E-state index is 12.0. The van der Waals surface area contributed by atoms with Gasteiger partial charge in [-0.15, -0.1) is 0 Å². The first-order valence-electron chi connectivity index (χ1n) is 7.91. The molecule has 0 heterocycles. The fourth-order valence-electron chi connectivity index (χ4n) is 3.26. The van der Waals surface area contributed by atoms with Crippen molar-refractivity contribution in [2.45, 2.75) is 89.1 Å². The number of nitrogens with one attached hydrogen (secondary N) is 2. The van der Waals surface area contributed by atoms with E-state index in [2.05, 4.69) is 10.6 Å². The lowest BCUT2D eigenvalue weighted by Crippen LogP contribution is -2.46. The van der Waals surface area contributed by atoms with Crippen LogP contribution in [0.1, 0.15) is 77.0 Å². The highest BCUT2D eigenvalue weighted by atomic mass is 16.2. The molecule has 0 spiro atoms. The van der Waals surface area contributed by atoms with E-state index in [9.17, 15) is 4.79 Å². The van der Waals surface area contributed by atoms with Gasteiger partial charge in [0, 0.05) is 12.1 Å². The number of hydrogen-bond donors (Lipinski definition) is 2. The second-order valence-electron chi connectivity index (χ2n) is 5.99. The molecule has 0 radical (unpaired) electrons. The smallest absolute Gasteiger partial charge is 0.315 e. The van der Waals surface area contributed by atoms with E-state index in [1.807, 2.05) is 0 Å². The van der Waals surface area contributed by atoms with E-state index in [4.69, 9.17) is 0 Å². The largest absolute Gasteiger partial charge is 0.335 e. The summed E-state index contributed by atoms with van der Waals surface area (Å²) in [6, 6.07) is 0.908. The molecule has 18 heavy (non-hydrogen) atoms. The van der Waals surface area contributed by atoms with Crippen LogP contribution in [0.3, 0.4) is 0 Å². The average molecular weight is 252 g/mol. The van der Waals surface area contributed by atoms with Gasteiger partial charge in [0.25, 0.3) is 0 Å². The van der Waals surface area contributed by atoms with Crippen LogP contribution < -0.4 is 10.6 Å². The predicted molar refractivity (Wildman–Crippen MR) is 74.6 cm³/mol. The fourth-order valence-corrected chi connectivity index (χ4v) is 3.26. The second-order valence-corrected chi connectivity index (χ2v) is 5.99. The number of hydrogen-bond acceptors (Lipinski definition) is 1. The van der Waals surface area contributed by atoms with Crippen LogP contribution in [0, 0.1) is 0 Å². The Balaban J connectivity index is 1.69. The van der Waals surface area contributed by atoms with Gasteiger partial charge in [-0.1, -0.05) is 51.4 Å². The van der Waals surface area contributed by atoms with E-state index < -0.39 is 0 Å². The Labute approximate surface area is 111 Å².